The zero-order valence-corrected chi connectivity index (χ0v) is 28.2. The first-order chi connectivity index (χ1) is 16.3. The number of hydrogen-bond acceptors (Lipinski definition) is 1. The van der Waals surface area contributed by atoms with Crippen LogP contribution in [0.25, 0.3) is 0 Å². The second-order valence-electron chi connectivity index (χ2n) is 6.09. The summed E-state index contributed by atoms with van der Waals surface area (Å²) in [4.78, 5) is 0. The molecule has 216 valence electrons. The molecule has 0 heterocycles. The van der Waals surface area contributed by atoms with Crippen molar-refractivity contribution in [2.75, 3.05) is 13.6 Å². The Morgan fingerprint density at radius 2 is 0.618 bits per heavy atom. The summed E-state index contributed by atoms with van der Waals surface area (Å²) >= 11 is 0. The Balaban J connectivity index is -0.0000000240. The zero-order chi connectivity index (χ0) is 29.9. The van der Waals surface area contributed by atoms with Gasteiger partial charge in [0.1, 0.15) is 0 Å². The van der Waals surface area contributed by atoms with Gasteiger partial charge in [-0.3, -0.25) is 0 Å². The van der Waals surface area contributed by atoms with Crippen LogP contribution in [0.4, 0.5) is 0 Å². The minimum absolute atomic E-state index is 1.07. The highest BCUT2D eigenvalue weighted by molar-refractivity contribution is 5.05. The monoisotopic (exact) mass is 490 g/mol. The summed E-state index contributed by atoms with van der Waals surface area (Å²) in [5, 5.41) is 2.93. The Bertz CT molecular complexity index is 174. The van der Waals surface area contributed by atoms with Crippen molar-refractivity contribution in [1.29, 1.82) is 0 Å². The predicted molar refractivity (Wildman–Crippen MR) is 177 cm³/mol. The maximum absolute atomic E-state index is 3.46. The molecule has 0 aliphatic heterocycles. The van der Waals surface area contributed by atoms with Crippen LogP contribution >= 0.6 is 0 Å². The van der Waals surface area contributed by atoms with E-state index in [-0.39, 0.29) is 0 Å². The van der Waals surface area contributed by atoms with Gasteiger partial charge in [-0.05, 0) is 20.5 Å². The minimum atomic E-state index is 1.07. The third kappa shape index (κ3) is 1140. The average molecular weight is 490 g/mol. The standard InChI is InChI=1S/C6H8.2C4H10.C3H9N.3C3H8.C3H6.2C2H6/c1-3-5-6-4-2;3*1-3-4-2;4*1-3-2;2*1-2/h3-6H,1-2H2;2*3-4H2,1-2H3;4H,3H2,1-2H3;3*3H2,1-2H3;3H,1H2,2H3;2*1-2H3/b6-5-;;;;;;;;;. The van der Waals surface area contributed by atoms with E-state index in [1.165, 1.54) is 44.9 Å². The van der Waals surface area contributed by atoms with Crippen LogP contribution in [-0.2, 0) is 0 Å². The molecule has 0 aromatic heterocycles. The second-order valence-corrected chi connectivity index (χ2v) is 6.09. The Morgan fingerprint density at radius 3 is 0.647 bits per heavy atom. The molecule has 0 aromatic carbocycles. The normalized spacial score (nSPS) is 6.50. The van der Waals surface area contributed by atoms with Crippen molar-refractivity contribution in [3.8, 4) is 0 Å². The molecule has 0 saturated carbocycles. The molecule has 0 radical (unpaired) electrons. The van der Waals surface area contributed by atoms with Crippen LogP contribution < -0.4 is 5.32 Å². The van der Waals surface area contributed by atoms with Gasteiger partial charge in [0.2, 0.25) is 0 Å². The van der Waals surface area contributed by atoms with Crippen LogP contribution in [0.5, 0.6) is 0 Å². The molecule has 1 N–H and O–H groups in total. The lowest BCUT2D eigenvalue weighted by atomic mass is 10.4. The van der Waals surface area contributed by atoms with Crippen LogP contribution in [0.3, 0.4) is 0 Å². The summed E-state index contributed by atoms with van der Waals surface area (Å²) in [5.74, 6) is 0. The van der Waals surface area contributed by atoms with Gasteiger partial charge in [-0.25, -0.2) is 0 Å². The zero-order valence-electron chi connectivity index (χ0n) is 28.2. The van der Waals surface area contributed by atoms with E-state index in [2.05, 4.69) is 101 Å². The van der Waals surface area contributed by atoms with Crippen molar-refractivity contribution < 1.29 is 0 Å². The molecule has 0 atom stereocenters. The van der Waals surface area contributed by atoms with Crippen LogP contribution in [0.15, 0.2) is 50.1 Å². The van der Waals surface area contributed by atoms with Crippen LogP contribution in [-0.4, -0.2) is 13.6 Å². The highest BCUT2D eigenvalue weighted by atomic mass is 14.8. The summed E-state index contributed by atoms with van der Waals surface area (Å²) < 4.78 is 0. The lowest BCUT2D eigenvalue weighted by molar-refractivity contribution is 0.864. The minimum Gasteiger partial charge on any atom is -0.320 e. The second kappa shape index (κ2) is 183. The molecule has 0 rings (SSSR count). The Kier molecular flexibility index (Phi) is 343. The van der Waals surface area contributed by atoms with Gasteiger partial charge < -0.3 is 5.32 Å². The van der Waals surface area contributed by atoms with Crippen molar-refractivity contribution in [1.82, 2.24) is 5.32 Å². The maximum Gasteiger partial charge on any atom is -0.00804 e. The van der Waals surface area contributed by atoms with Gasteiger partial charge in [-0.1, -0.05) is 192 Å². The van der Waals surface area contributed by atoms with Crippen molar-refractivity contribution in [3.63, 3.8) is 0 Å². The van der Waals surface area contributed by atoms with Gasteiger partial charge in [0.25, 0.3) is 0 Å². The molecular weight excluding hydrogens is 410 g/mol. The lowest BCUT2D eigenvalue weighted by Crippen LogP contribution is -2.01. The highest BCUT2D eigenvalue weighted by Gasteiger charge is 1.57. The van der Waals surface area contributed by atoms with Gasteiger partial charge >= 0.3 is 0 Å². The summed E-state index contributed by atoms with van der Waals surface area (Å²) in [6.07, 6.45) is 17.9. The number of rotatable bonds is 5. The molecule has 1 heteroatoms. The molecule has 0 bridgehead atoms. The van der Waals surface area contributed by atoms with E-state index in [0.29, 0.717) is 0 Å². The molecule has 0 aliphatic rings. The fourth-order valence-electron chi connectivity index (χ4n) is 0.157. The van der Waals surface area contributed by atoms with E-state index in [9.17, 15) is 0 Å². The molecular formula is C33H79N. The van der Waals surface area contributed by atoms with Crippen molar-refractivity contribution in [3.05, 3.63) is 50.1 Å². The third-order valence-corrected chi connectivity index (χ3v) is 1.74. The molecule has 34 heavy (non-hydrogen) atoms. The maximum atomic E-state index is 3.46. The number of unbranched alkanes of at least 4 members (excludes halogenated alkanes) is 2. The van der Waals surface area contributed by atoms with E-state index in [0.717, 1.165) is 6.54 Å². The van der Waals surface area contributed by atoms with Gasteiger partial charge in [0.05, 0.1) is 0 Å². The Hall–Kier alpha value is -1.08. The predicted octanol–water partition coefficient (Wildman–Crippen LogP) is 13.2. The fourth-order valence-corrected chi connectivity index (χ4v) is 0.157. The van der Waals surface area contributed by atoms with Crippen molar-refractivity contribution >= 4 is 0 Å². The first kappa shape index (κ1) is 63.8. The number of hydrogen-bond donors (Lipinski definition) is 1. The largest absolute Gasteiger partial charge is 0.320 e. The molecule has 0 fully saturated rings. The third-order valence-electron chi connectivity index (χ3n) is 1.74. The summed E-state index contributed by atoms with van der Waals surface area (Å²) in [6.45, 7) is 44.8. The number of allylic oxidation sites excluding steroid dienone is 5. The van der Waals surface area contributed by atoms with E-state index < -0.39 is 0 Å². The average Bonchev–Trinajstić information content (AvgIpc) is 2.87. The summed E-state index contributed by atoms with van der Waals surface area (Å²) in [7, 11) is 1.93. The van der Waals surface area contributed by atoms with E-state index in [1.54, 1.807) is 18.2 Å². The Labute approximate surface area is 224 Å². The molecule has 1 nitrogen and oxygen atoms in total. The summed E-state index contributed by atoms with van der Waals surface area (Å²) in [5.41, 5.74) is 0. The molecule has 0 unspecified atom stereocenters. The molecule has 0 aromatic rings. The molecule has 0 spiro atoms. The summed E-state index contributed by atoms with van der Waals surface area (Å²) in [6, 6.07) is 0. The van der Waals surface area contributed by atoms with Gasteiger partial charge in [-0.2, -0.15) is 0 Å². The van der Waals surface area contributed by atoms with Crippen LogP contribution in [0.2, 0.25) is 0 Å². The van der Waals surface area contributed by atoms with Crippen molar-refractivity contribution in [2.24, 2.45) is 0 Å². The van der Waals surface area contributed by atoms with E-state index in [4.69, 9.17) is 0 Å². The van der Waals surface area contributed by atoms with Gasteiger partial charge in [-0.15, -0.1) is 6.58 Å². The van der Waals surface area contributed by atoms with E-state index >= 15 is 0 Å². The fraction of sp³-hybridized carbons (Fsp3) is 0.758. The van der Waals surface area contributed by atoms with Gasteiger partial charge in [0.15, 0.2) is 0 Å². The Morgan fingerprint density at radius 1 is 0.500 bits per heavy atom. The first-order valence-electron chi connectivity index (χ1n) is 14.4. The van der Waals surface area contributed by atoms with Crippen LogP contribution in [0.1, 0.15) is 156 Å². The van der Waals surface area contributed by atoms with Crippen molar-refractivity contribution in [2.45, 2.75) is 156 Å². The smallest absolute Gasteiger partial charge is 0.00804 e. The lowest BCUT2D eigenvalue weighted by Gasteiger charge is -1.76. The first-order valence-corrected chi connectivity index (χ1v) is 14.4. The number of nitrogens with one attached hydrogen (secondary N) is 1. The van der Waals surface area contributed by atoms with Gasteiger partial charge in [0, 0.05) is 0 Å². The van der Waals surface area contributed by atoms with E-state index in [1.807, 2.05) is 53.8 Å². The SMILES string of the molecule is C=C/C=C\C=C.C=CC.CC.CC.CCC.CCC.CCC.CCCC.CCCC.CCNC. The highest BCUT2D eigenvalue weighted by Crippen LogP contribution is 1.77. The molecule has 0 saturated heterocycles. The quantitative estimate of drug-likeness (QED) is 0.299. The molecule has 0 aliphatic carbocycles. The van der Waals surface area contributed by atoms with Crippen LogP contribution in [0, 0.1) is 0 Å². The molecule has 0 amide bonds. The topological polar surface area (TPSA) is 12.0 Å².